The molecule has 0 fully saturated rings. The summed E-state index contributed by atoms with van der Waals surface area (Å²) in [5.74, 6) is -0.629. The normalized spacial score (nSPS) is 11.7. The third kappa shape index (κ3) is 4.74. The summed E-state index contributed by atoms with van der Waals surface area (Å²) in [5.41, 5.74) is 4.58. The quantitative estimate of drug-likeness (QED) is 0.599. The molecular formula is C24H26N2O3. The van der Waals surface area contributed by atoms with Crippen LogP contribution in [0.5, 0.6) is 0 Å². The molecule has 0 radical (unpaired) electrons. The molecule has 0 aliphatic rings. The maximum atomic E-state index is 13.0. The van der Waals surface area contributed by atoms with Crippen LogP contribution in [0, 0.1) is 13.8 Å². The predicted molar refractivity (Wildman–Crippen MR) is 113 cm³/mol. The van der Waals surface area contributed by atoms with Crippen molar-refractivity contribution in [3.05, 3.63) is 89.2 Å². The average molecular weight is 390 g/mol. The molecule has 0 aliphatic heterocycles. The summed E-state index contributed by atoms with van der Waals surface area (Å²) < 4.78 is 7.00. The van der Waals surface area contributed by atoms with Crippen molar-refractivity contribution in [2.45, 2.75) is 26.3 Å². The Morgan fingerprint density at radius 3 is 2.14 bits per heavy atom. The maximum absolute atomic E-state index is 13.0. The average Bonchev–Trinajstić information content (AvgIpc) is 3.25. The number of esters is 1. The fraction of sp³-hybridized carbons (Fsp3) is 0.250. The molecule has 1 amide bonds. The van der Waals surface area contributed by atoms with Crippen molar-refractivity contribution in [3.63, 3.8) is 0 Å². The van der Waals surface area contributed by atoms with Gasteiger partial charge in [0.15, 0.2) is 0 Å². The zero-order valence-corrected chi connectivity index (χ0v) is 17.3. The SMILES string of the molecule is COC(=O)[C@@H](Cc1ccc(-n2cccc2)cc1)N(C)C(=O)c1cc(C)cc(C)c1. The van der Waals surface area contributed by atoms with Gasteiger partial charge in [0.05, 0.1) is 7.11 Å². The molecule has 29 heavy (non-hydrogen) atoms. The molecule has 1 heterocycles. The van der Waals surface area contributed by atoms with Crippen LogP contribution in [0.4, 0.5) is 0 Å². The van der Waals surface area contributed by atoms with Crippen LogP contribution in [0.2, 0.25) is 0 Å². The van der Waals surface area contributed by atoms with E-state index in [4.69, 9.17) is 4.74 Å². The summed E-state index contributed by atoms with van der Waals surface area (Å²) in [6, 6.07) is 16.9. The molecule has 5 heteroatoms. The molecule has 3 rings (SSSR count). The molecule has 150 valence electrons. The number of hydrogen-bond donors (Lipinski definition) is 0. The summed E-state index contributed by atoms with van der Waals surface area (Å²) in [6.07, 6.45) is 4.33. The Bertz CT molecular complexity index is 971. The molecule has 0 unspecified atom stereocenters. The summed E-state index contributed by atoms with van der Waals surface area (Å²) >= 11 is 0. The van der Waals surface area contributed by atoms with Crippen molar-refractivity contribution in [2.75, 3.05) is 14.2 Å². The van der Waals surface area contributed by atoms with Crippen molar-refractivity contribution in [3.8, 4) is 5.69 Å². The Morgan fingerprint density at radius 1 is 1.00 bits per heavy atom. The van der Waals surface area contributed by atoms with Gasteiger partial charge in [-0.15, -0.1) is 0 Å². The summed E-state index contributed by atoms with van der Waals surface area (Å²) in [5, 5.41) is 0. The van der Waals surface area contributed by atoms with Crippen molar-refractivity contribution in [2.24, 2.45) is 0 Å². The highest BCUT2D eigenvalue weighted by molar-refractivity contribution is 5.97. The van der Waals surface area contributed by atoms with Gasteiger partial charge in [-0.1, -0.05) is 29.3 Å². The zero-order chi connectivity index (χ0) is 21.0. The van der Waals surface area contributed by atoms with Gasteiger partial charge < -0.3 is 14.2 Å². The van der Waals surface area contributed by atoms with Gasteiger partial charge in [0, 0.05) is 37.1 Å². The molecule has 5 nitrogen and oxygen atoms in total. The van der Waals surface area contributed by atoms with E-state index < -0.39 is 12.0 Å². The maximum Gasteiger partial charge on any atom is 0.328 e. The number of amides is 1. The van der Waals surface area contributed by atoms with E-state index in [-0.39, 0.29) is 5.91 Å². The van der Waals surface area contributed by atoms with Crippen molar-refractivity contribution < 1.29 is 14.3 Å². The monoisotopic (exact) mass is 390 g/mol. The number of nitrogens with zero attached hydrogens (tertiary/aromatic N) is 2. The Balaban J connectivity index is 1.82. The van der Waals surface area contributed by atoms with E-state index in [1.165, 1.54) is 12.0 Å². The van der Waals surface area contributed by atoms with Crippen LogP contribution in [-0.4, -0.2) is 41.5 Å². The molecule has 0 spiro atoms. The van der Waals surface area contributed by atoms with Crippen LogP contribution in [0.15, 0.2) is 67.0 Å². The van der Waals surface area contributed by atoms with Gasteiger partial charge in [0.25, 0.3) is 5.91 Å². The number of carbonyl (C=O) groups excluding carboxylic acids is 2. The van der Waals surface area contributed by atoms with E-state index in [9.17, 15) is 9.59 Å². The third-order valence-corrected chi connectivity index (χ3v) is 5.00. The fourth-order valence-corrected chi connectivity index (χ4v) is 3.49. The lowest BCUT2D eigenvalue weighted by Crippen LogP contribution is -2.44. The molecule has 0 saturated heterocycles. The second-order valence-corrected chi connectivity index (χ2v) is 7.29. The smallest absolute Gasteiger partial charge is 0.328 e. The Morgan fingerprint density at radius 2 is 1.59 bits per heavy atom. The number of methoxy groups -OCH3 is 1. The molecule has 0 aliphatic carbocycles. The minimum atomic E-state index is -0.703. The van der Waals surface area contributed by atoms with Crippen LogP contribution < -0.4 is 0 Å². The molecule has 0 saturated carbocycles. The number of benzene rings is 2. The number of ether oxygens (including phenoxy) is 1. The molecule has 3 aromatic rings. The molecular weight excluding hydrogens is 364 g/mol. The highest BCUT2D eigenvalue weighted by Gasteiger charge is 2.29. The van der Waals surface area contributed by atoms with Crippen molar-refractivity contribution in [1.82, 2.24) is 9.47 Å². The van der Waals surface area contributed by atoms with E-state index in [0.29, 0.717) is 12.0 Å². The number of rotatable bonds is 6. The van der Waals surface area contributed by atoms with Crippen molar-refractivity contribution >= 4 is 11.9 Å². The lowest BCUT2D eigenvalue weighted by Gasteiger charge is -2.26. The van der Waals surface area contributed by atoms with E-state index in [2.05, 4.69) is 0 Å². The summed E-state index contributed by atoms with van der Waals surface area (Å²) in [4.78, 5) is 27.0. The minimum absolute atomic E-state index is 0.198. The first kappa shape index (κ1) is 20.4. The molecule has 0 bridgehead atoms. The Hall–Kier alpha value is -3.34. The van der Waals surface area contributed by atoms with Crippen molar-refractivity contribution in [1.29, 1.82) is 0 Å². The van der Waals surface area contributed by atoms with Crippen LogP contribution >= 0.6 is 0 Å². The second-order valence-electron chi connectivity index (χ2n) is 7.29. The first-order valence-electron chi connectivity index (χ1n) is 9.54. The molecule has 1 aromatic heterocycles. The number of carbonyl (C=O) groups is 2. The lowest BCUT2D eigenvalue weighted by molar-refractivity contribution is -0.145. The van der Waals surface area contributed by atoms with Crippen LogP contribution in [-0.2, 0) is 16.0 Å². The molecule has 0 N–H and O–H groups in total. The summed E-state index contributed by atoms with van der Waals surface area (Å²) in [7, 11) is 3.00. The van der Waals surface area contributed by atoms with E-state index in [1.54, 1.807) is 7.05 Å². The fourth-order valence-electron chi connectivity index (χ4n) is 3.49. The van der Waals surface area contributed by atoms with E-state index in [1.807, 2.05) is 85.4 Å². The van der Waals surface area contributed by atoms with Gasteiger partial charge in [0.1, 0.15) is 6.04 Å². The van der Waals surface area contributed by atoms with Gasteiger partial charge in [-0.3, -0.25) is 4.79 Å². The van der Waals surface area contributed by atoms with Gasteiger partial charge >= 0.3 is 5.97 Å². The standard InChI is InChI=1S/C24H26N2O3/c1-17-13-18(2)15-20(14-17)23(27)25(3)22(24(28)29-4)16-19-7-9-21(10-8-19)26-11-5-6-12-26/h5-15,22H,16H2,1-4H3/t22-/m1/s1. The second kappa shape index (κ2) is 8.78. The van der Waals surface area contributed by atoms with Gasteiger partial charge in [-0.05, 0) is 55.8 Å². The largest absolute Gasteiger partial charge is 0.467 e. The molecule has 1 atom stereocenters. The first-order chi connectivity index (χ1) is 13.9. The predicted octanol–water partition coefficient (Wildman–Crippen LogP) is 3.95. The van der Waals surface area contributed by atoms with Gasteiger partial charge in [-0.25, -0.2) is 4.79 Å². The first-order valence-corrected chi connectivity index (χ1v) is 9.54. The van der Waals surface area contributed by atoms with Crippen LogP contribution in [0.3, 0.4) is 0 Å². The number of aryl methyl sites for hydroxylation is 2. The minimum Gasteiger partial charge on any atom is -0.467 e. The Kier molecular flexibility index (Phi) is 6.17. The number of aromatic nitrogens is 1. The van der Waals surface area contributed by atoms with Gasteiger partial charge in [-0.2, -0.15) is 0 Å². The highest BCUT2D eigenvalue weighted by atomic mass is 16.5. The summed E-state index contributed by atoms with van der Waals surface area (Å²) in [6.45, 7) is 3.90. The topological polar surface area (TPSA) is 51.5 Å². The van der Waals surface area contributed by atoms with Crippen LogP contribution in [0.25, 0.3) is 5.69 Å². The van der Waals surface area contributed by atoms with Gasteiger partial charge in [0.2, 0.25) is 0 Å². The van der Waals surface area contributed by atoms with E-state index >= 15 is 0 Å². The third-order valence-electron chi connectivity index (χ3n) is 5.00. The van der Waals surface area contributed by atoms with Crippen LogP contribution in [0.1, 0.15) is 27.0 Å². The number of hydrogen-bond acceptors (Lipinski definition) is 3. The molecule has 2 aromatic carbocycles. The lowest BCUT2D eigenvalue weighted by atomic mass is 10.0. The zero-order valence-electron chi connectivity index (χ0n) is 17.3. The van der Waals surface area contributed by atoms with E-state index in [0.717, 1.165) is 22.4 Å². The Labute approximate surface area is 171 Å². The number of likely N-dealkylation sites (N-methyl/N-ethyl adjacent to an activating group) is 1. The highest BCUT2D eigenvalue weighted by Crippen LogP contribution is 2.17.